The number of aromatic nitrogens is 2. The molecule has 0 spiro atoms. The van der Waals surface area contributed by atoms with E-state index in [2.05, 4.69) is 15.3 Å². The van der Waals surface area contributed by atoms with Gasteiger partial charge in [-0.2, -0.15) is 0 Å². The molecule has 0 saturated carbocycles. The second kappa shape index (κ2) is 6.01. The van der Waals surface area contributed by atoms with Gasteiger partial charge in [0.25, 0.3) is 0 Å². The first-order valence-electron chi connectivity index (χ1n) is 7.10. The Kier molecular flexibility index (Phi) is 3.91. The molecule has 22 heavy (non-hydrogen) atoms. The summed E-state index contributed by atoms with van der Waals surface area (Å²) in [7, 11) is 0. The monoisotopic (exact) mass is 299 g/mol. The van der Waals surface area contributed by atoms with Crippen molar-refractivity contribution in [3.05, 3.63) is 41.2 Å². The molecule has 114 valence electrons. The second-order valence-electron chi connectivity index (χ2n) is 5.08. The Balaban J connectivity index is 1.70. The number of carbonyl (C=O) groups is 1. The normalized spacial score (nSPS) is 12.8. The highest BCUT2D eigenvalue weighted by molar-refractivity contribution is 5.94. The van der Waals surface area contributed by atoms with E-state index in [1.807, 2.05) is 18.2 Å². The fourth-order valence-corrected chi connectivity index (χ4v) is 2.28. The number of carbonyl (C=O) groups excluding carboxylic acids is 1. The van der Waals surface area contributed by atoms with E-state index in [0.29, 0.717) is 37.0 Å². The van der Waals surface area contributed by atoms with Crippen LogP contribution in [0.15, 0.2) is 24.4 Å². The number of fused-ring (bicyclic) bond motifs is 1. The molecule has 2 heterocycles. The highest BCUT2D eigenvalue weighted by atomic mass is 16.6. The lowest BCUT2D eigenvalue weighted by atomic mass is 10.2. The number of hydrogen-bond acceptors (Lipinski definition) is 6. The lowest BCUT2D eigenvalue weighted by Gasteiger charge is -2.19. The van der Waals surface area contributed by atoms with Crippen LogP contribution in [0.4, 0.5) is 5.95 Å². The summed E-state index contributed by atoms with van der Waals surface area (Å²) in [6.45, 7) is 5.02. The number of ketones is 1. The summed E-state index contributed by atoms with van der Waals surface area (Å²) in [5.41, 5.74) is 2.26. The van der Waals surface area contributed by atoms with Gasteiger partial charge in [0.15, 0.2) is 17.3 Å². The van der Waals surface area contributed by atoms with Crippen molar-refractivity contribution in [2.24, 2.45) is 0 Å². The third-order valence-corrected chi connectivity index (χ3v) is 3.42. The van der Waals surface area contributed by atoms with Gasteiger partial charge >= 0.3 is 0 Å². The van der Waals surface area contributed by atoms with Crippen LogP contribution in [0.3, 0.4) is 0 Å². The molecule has 2 aromatic rings. The van der Waals surface area contributed by atoms with Gasteiger partial charge in [-0.25, -0.2) is 9.97 Å². The molecule has 0 amide bonds. The Bertz CT molecular complexity index is 716. The van der Waals surface area contributed by atoms with E-state index in [1.54, 1.807) is 13.1 Å². The Morgan fingerprint density at radius 1 is 1.27 bits per heavy atom. The Hall–Kier alpha value is -2.63. The molecule has 1 aliphatic rings. The highest BCUT2D eigenvalue weighted by Gasteiger charge is 2.12. The lowest BCUT2D eigenvalue weighted by Crippen LogP contribution is -2.15. The summed E-state index contributed by atoms with van der Waals surface area (Å²) < 4.78 is 11.0. The van der Waals surface area contributed by atoms with Crippen LogP contribution in [-0.2, 0) is 6.54 Å². The van der Waals surface area contributed by atoms with Gasteiger partial charge in [-0.05, 0) is 31.5 Å². The summed E-state index contributed by atoms with van der Waals surface area (Å²) in [6, 6.07) is 5.81. The molecule has 6 heteroatoms. The molecular weight excluding hydrogens is 282 g/mol. The third kappa shape index (κ3) is 3.00. The van der Waals surface area contributed by atoms with Gasteiger partial charge in [0, 0.05) is 12.7 Å². The van der Waals surface area contributed by atoms with Gasteiger partial charge in [0.2, 0.25) is 5.95 Å². The number of ether oxygens (including phenoxy) is 2. The summed E-state index contributed by atoms with van der Waals surface area (Å²) >= 11 is 0. The number of benzene rings is 1. The first-order chi connectivity index (χ1) is 10.6. The zero-order valence-corrected chi connectivity index (χ0v) is 12.5. The van der Waals surface area contributed by atoms with Crippen LogP contribution in [0.2, 0.25) is 0 Å². The first kappa shape index (κ1) is 14.3. The number of aryl methyl sites for hydroxylation is 1. The van der Waals surface area contributed by atoms with Crippen LogP contribution < -0.4 is 14.8 Å². The summed E-state index contributed by atoms with van der Waals surface area (Å²) in [5, 5.41) is 3.14. The minimum absolute atomic E-state index is 0.0316. The van der Waals surface area contributed by atoms with E-state index in [9.17, 15) is 4.79 Å². The standard InChI is InChI=1S/C16H17N3O3/c1-10-13(11(2)20)9-18-16(19-10)17-8-12-3-4-14-15(7-12)22-6-5-21-14/h3-4,7,9H,5-6,8H2,1-2H3,(H,17,18,19). The molecule has 0 bridgehead atoms. The molecule has 0 unspecified atom stereocenters. The fraction of sp³-hybridized carbons (Fsp3) is 0.312. The van der Waals surface area contributed by atoms with Crippen molar-refractivity contribution in [2.75, 3.05) is 18.5 Å². The molecule has 3 rings (SSSR count). The molecule has 0 radical (unpaired) electrons. The van der Waals surface area contributed by atoms with Gasteiger partial charge in [0.1, 0.15) is 13.2 Å². The van der Waals surface area contributed by atoms with Crippen LogP contribution in [0.5, 0.6) is 11.5 Å². The topological polar surface area (TPSA) is 73.3 Å². The molecule has 1 aromatic heterocycles. The lowest BCUT2D eigenvalue weighted by molar-refractivity contribution is 0.101. The molecule has 0 atom stereocenters. The van der Waals surface area contributed by atoms with E-state index >= 15 is 0 Å². The zero-order chi connectivity index (χ0) is 15.5. The van der Waals surface area contributed by atoms with Crippen LogP contribution in [-0.4, -0.2) is 29.0 Å². The van der Waals surface area contributed by atoms with Crippen LogP contribution >= 0.6 is 0 Å². The van der Waals surface area contributed by atoms with Crippen LogP contribution in [0.25, 0.3) is 0 Å². The molecule has 0 fully saturated rings. The minimum atomic E-state index is -0.0316. The third-order valence-electron chi connectivity index (χ3n) is 3.42. The van der Waals surface area contributed by atoms with Crippen molar-refractivity contribution >= 4 is 11.7 Å². The SMILES string of the molecule is CC(=O)c1cnc(NCc2ccc3c(c2)OCCO3)nc1C. The highest BCUT2D eigenvalue weighted by Crippen LogP contribution is 2.30. The zero-order valence-electron chi connectivity index (χ0n) is 12.5. The number of nitrogens with zero attached hydrogens (tertiary/aromatic N) is 2. The number of anilines is 1. The van der Waals surface area contributed by atoms with E-state index < -0.39 is 0 Å². The van der Waals surface area contributed by atoms with Crippen molar-refractivity contribution in [1.82, 2.24) is 9.97 Å². The number of Topliss-reactive ketones (excluding diaryl/α,β-unsaturated/α-hetero) is 1. The first-order valence-corrected chi connectivity index (χ1v) is 7.10. The average molecular weight is 299 g/mol. The molecule has 6 nitrogen and oxygen atoms in total. The fourth-order valence-electron chi connectivity index (χ4n) is 2.28. The maximum Gasteiger partial charge on any atom is 0.223 e. The second-order valence-corrected chi connectivity index (χ2v) is 5.08. The number of nitrogens with one attached hydrogen (secondary N) is 1. The van der Waals surface area contributed by atoms with Crippen molar-refractivity contribution in [3.63, 3.8) is 0 Å². The molecular formula is C16H17N3O3. The largest absolute Gasteiger partial charge is 0.486 e. The van der Waals surface area contributed by atoms with E-state index in [4.69, 9.17) is 9.47 Å². The van der Waals surface area contributed by atoms with Gasteiger partial charge in [0.05, 0.1) is 11.3 Å². The van der Waals surface area contributed by atoms with Crippen molar-refractivity contribution in [2.45, 2.75) is 20.4 Å². The number of hydrogen-bond donors (Lipinski definition) is 1. The maximum atomic E-state index is 11.4. The summed E-state index contributed by atoms with van der Waals surface area (Å²) in [4.78, 5) is 19.8. The number of rotatable bonds is 4. The minimum Gasteiger partial charge on any atom is -0.486 e. The summed E-state index contributed by atoms with van der Waals surface area (Å²) in [6.07, 6.45) is 1.55. The average Bonchev–Trinajstić information content (AvgIpc) is 2.52. The van der Waals surface area contributed by atoms with Gasteiger partial charge < -0.3 is 14.8 Å². The molecule has 1 aliphatic heterocycles. The van der Waals surface area contributed by atoms with Gasteiger partial charge in [-0.3, -0.25) is 4.79 Å². The van der Waals surface area contributed by atoms with Crippen molar-refractivity contribution < 1.29 is 14.3 Å². The summed E-state index contributed by atoms with van der Waals surface area (Å²) in [5.74, 6) is 2.00. The van der Waals surface area contributed by atoms with E-state index in [-0.39, 0.29) is 5.78 Å². The van der Waals surface area contributed by atoms with E-state index in [0.717, 1.165) is 17.1 Å². The van der Waals surface area contributed by atoms with Crippen molar-refractivity contribution in [3.8, 4) is 11.5 Å². The van der Waals surface area contributed by atoms with E-state index in [1.165, 1.54) is 6.92 Å². The molecule has 1 aromatic carbocycles. The van der Waals surface area contributed by atoms with Crippen LogP contribution in [0, 0.1) is 6.92 Å². The Labute approximate surface area is 128 Å². The Morgan fingerprint density at radius 3 is 2.77 bits per heavy atom. The molecule has 0 aliphatic carbocycles. The van der Waals surface area contributed by atoms with Gasteiger partial charge in [-0.1, -0.05) is 6.07 Å². The van der Waals surface area contributed by atoms with Crippen LogP contribution in [0.1, 0.15) is 28.5 Å². The predicted molar refractivity (Wildman–Crippen MR) is 81.5 cm³/mol. The maximum absolute atomic E-state index is 11.4. The molecule has 0 saturated heterocycles. The predicted octanol–water partition coefficient (Wildman–Crippen LogP) is 2.37. The molecule has 1 N–H and O–H groups in total. The quantitative estimate of drug-likeness (QED) is 0.874. The Morgan fingerprint density at radius 2 is 2.05 bits per heavy atom. The van der Waals surface area contributed by atoms with Crippen molar-refractivity contribution in [1.29, 1.82) is 0 Å². The smallest absolute Gasteiger partial charge is 0.223 e. The van der Waals surface area contributed by atoms with Gasteiger partial charge in [-0.15, -0.1) is 0 Å².